The SMILES string of the molecule is O=C1C=CCC2C1CNCC2[N+](=O)[O-]. The largest absolute Gasteiger partial charge is 0.310 e. The highest BCUT2D eigenvalue weighted by molar-refractivity contribution is 5.93. The van der Waals surface area contributed by atoms with Crippen LogP contribution in [0.1, 0.15) is 6.42 Å². The van der Waals surface area contributed by atoms with Gasteiger partial charge in [-0.2, -0.15) is 0 Å². The second-order valence-corrected chi connectivity index (χ2v) is 3.82. The maximum absolute atomic E-state index is 11.4. The van der Waals surface area contributed by atoms with E-state index in [0.29, 0.717) is 19.5 Å². The summed E-state index contributed by atoms with van der Waals surface area (Å²) in [4.78, 5) is 21.9. The van der Waals surface area contributed by atoms with Gasteiger partial charge in [-0.15, -0.1) is 0 Å². The van der Waals surface area contributed by atoms with Crippen molar-refractivity contribution < 1.29 is 9.72 Å². The summed E-state index contributed by atoms with van der Waals surface area (Å²) in [6, 6.07) is -0.609. The summed E-state index contributed by atoms with van der Waals surface area (Å²) < 4.78 is 0. The zero-order valence-corrected chi connectivity index (χ0v) is 7.68. The molecule has 0 amide bonds. The predicted octanol–water partition coefficient (Wildman–Crippen LogP) is -0.00370. The van der Waals surface area contributed by atoms with Crippen molar-refractivity contribution in [3.63, 3.8) is 0 Å². The maximum atomic E-state index is 11.4. The number of fused-ring (bicyclic) bond motifs is 1. The van der Waals surface area contributed by atoms with E-state index in [2.05, 4.69) is 5.32 Å². The number of nitrogens with zero attached hydrogens (tertiary/aromatic N) is 1. The standard InChI is InChI=1S/C9H12N2O3/c12-9-3-1-2-6-7(9)4-10-5-8(6)11(13)14/h1,3,6-8,10H,2,4-5H2. The quantitative estimate of drug-likeness (QED) is 0.473. The fourth-order valence-corrected chi connectivity index (χ4v) is 2.29. The first kappa shape index (κ1) is 9.33. The smallest absolute Gasteiger partial charge is 0.229 e. The second-order valence-electron chi connectivity index (χ2n) is 3.82. The number of piperidine rings is 1. The molecular weight excluding hydrogens is 184 g/mol. The van der Waals surface area contributed by atoms with Gasteiger partial charge in [-0.25, -0.2) is 0 Å². The van der Waals surface area contributed by atoms with Crippen molar-refractivity contribution in [3.05, 3.63) is 22.3 Å². The summed E-state index contributed by atoms with van der Waals surface area (Å²) in [6.07, 6.45) is 3.96. The molecule has 1 aliphatic heterocycles. The minimum Gasteiger partial charge on any atom is -0.310 e. The zero-order valence-electron chi connectivity index (χ0n) is 7.68. The summed E-state index contributed by atoms with van der Waals surface area (Å²) in [6.45, 7) is 0.966. The lowest BCUT2D eigenvalue weighted by atomic mass is 9.75. The molecule has 0 spiro atoms. The molecule has 0 radical (unpaired) electrons. The van der Waals surface area contributed by atoms with Gasteiger partial charge in [0.1, 0.15) is 0 Å². The average molecular weight is 196 g/mol. The highest BCUT2D eigenvalue weighted by Crippen LogP contribution is 2.29. The highest BCUT2D eigenvalue weighted by Gasteiger charge is 2.43. The Morgan fingerprint density at radius 2 is 2.29 bits per heavy atom. The van der Waals surface area contributed by atoms with E-state index in [1.165, 1.54) is 0 Å². The predicted molar refractivity (Wildman–Crippen MR) is 49.4 cm³/mol. The van der Waals surface area contributed by atoms with Crippen molar-refractivity contribution in [1.29, 1.82) is 0 Å². The Labute approximate surface area is 81.3 Å². The van der Waals surface area contributed by atoms with Crippen LogP contribution in [0.3, 0.4) is 0 Å². The molecule has 1 aliphatic carbocycles. The molecular formula is C9H12N2O3. The molecule has 1 heterocycles. The third-order valence-corrected chi connectivity index (χ3v) is 3.06. The van der Waals surface area contributed by atoms with E-state index >= 15 is 0 Å². The van der Waals surface area contributed by atoms with Crippen molar-refractivity contribution in [3.8, 4) is 0 Å². The summed E-state index contributed by atoms with van der Waals surface area (Å²) >= 11 is 0. The number of nitro groups is 1. The van der Waals surface area contributed by atoms with Gasteiger partial charge in [-0.1, -0.05) is 6.08 Å². The third kappa shape index (κ3) is 1.43. The topological polar surface area (TPSA) is 72.2 Å². The average Bonchev–Trinajstić information content (AvgIpc) is 2.17. The number of carbonyl (C=O) groups excluding carboxylic acids is 1. The van der Waals surface area contributed by atoms with Crippen molar-refractivity contribution in [1.82, 2.24) is 5.32 Å². The number of ketones is 1. The fourth-order valence-electron chi connectivity index (χ4n) is 2.29. The van der Waals surface area contributed by atoms with E-state index in [-0.39, 0.29) is 22.5 Å². The Kier molecular flexibility index (Phi) is 2.33. The monoisotopic (exact) mass is 196 g/mol. The number of hydrogen-bond acceptors (Lipinski definition) is 4. The van der Waals surface area contributed by atoms with E-state index in [0.717, 1.165) is 0 Å². The molecule has 0 bridgehead atoms. The van der Waals surface area contributed by atoms with E-state index < -0.39 is 6.04 Å². The lowest BCUT2D eigenvalue weighted by Gasteiger charge is -2.33. The van der Waals surface area contributed by atoms with Crippen LogP contribution in [0.2, 0.25) is 0 Å². The van der Waals surface area contributed by atoms with Gasteiger partial charge in [0.2, 0.25) is 6.04 Å². The Bertz CT molecular complexity index is 300. The van der Waals surface area contributed by atoms with Crippen LogP contribution in [0.15, 0.2) is 12.2 Å². The van der Waals surface area contributed by atoms with Gasteiger partial charge in [0.05, 0.1) is 6.54 Å². The molecule has 5 nitrogen and oxygen atoms in total. The molecule has 1 N–H and O–H groups in total. The van der Waals surface area contributed by atoms with Crippen LogP contribution >= 0.6 is 0 Å². The minimum atomic E-state index is -0.609. The molecule has 14 heavy (non-hydrogen) atoms. The van der Waals surface area contributed by atoms with E-state index in [1.54, 1.807) is 12.2 Å². The van der Waals surface area contributed by atoms with E-state index in [9.17, 15) is 14.9 Å². The summed E-state index contributed by atoms with van der Waals surface area (Å²) in [5.74, 6) is -0.270. The van der Waals surface area contributed by atoms with Crippen LogP contribution in [0.5, 0.6) is 0 Å². The molecule has 5 heteroatoms. The molecule has 1 saturated heterocycles. The Morgan fingerprint density at radius 1 is 1.50 bits per heavy atom. The first-order chi connectivity index (χ1) is 6.70. The van der Waals surface area contributed by atoms with Crippen LogP contribution in [-0.2, 0) is 4.79 Å². The van der Waals surface area contributed by atoms with Gasteiger partial charge in [0, 0.05) is 23.3 Å². The third-order valence-electron chi connectivity index (χ3n) is 3.06. The second kappa shape index (κ2) is 3.49. The van der Waals surface area contributed by atoms with Crippen LogP contribution < -0.4 is 5.32 Å². The van der Waals surface area contributed by atoms with Crippen molar-refractivity contribution in [2.75, 3.05) is 13.1 Å². The van der Waals surface area contributed by atoms with Crippen LogP contribution in [0.25, 0.3) is 0 Å². The van der Waals surface area contributed by atoms with E-state index in [4.69, 9.17) is 0 Å². The van der Waals surface area contributed by atoms with E-state index in [1.807, 2.05) is 0 Å². The van der Waals surface area contributed by atoms with Gasteiger partial charge < -0.3 is 5.32 Å². The molecule has 0 saturated carbocycles. The first-order valence-electron chi connectivity index (χ1n) is 4.74. The first-order valence-corrected chi connectivity index (χ1v) is 4.74. The highest BCUT2D eigenvalue weighted by atomic mass is 16.6. The Hall–Kier alpha value is -1.23. The Balaban J connectivity index is 2.21. The number of nitrogens with one attached hydrogen (secondary N) is 1. The molecule has 2 aliphatic rings. The van der Waals surface area contributed by atoms with Crippen LogP contribution in [0, 0.1) is 22.0 Å². The number of rotatable bonds is 1. The molecule has 0 aromatic rings. The lowest BCUT2D eigenvalue weighted by Crippen LogP contribution is -2.53. The van der Waals surface area contributed by atoms with Crippen LogP contribution in [0.4, 0.5) is 0 Å². The van der Waals surface area contributed by atoms with Gasteiger partial charge in [-0.3, -0.25) is 14.9 Å². The number of hydrogen-bond donors (Lipinski definition) is 1. The molecule has 2 rings (SSSR count). The molecule has 3 unspecified atom stereocenters. The molecule has 1 fully saturated rings. The summed E-state index contributed by atoms with van der Waals surface area (Å²) in [7, 11) is 0. The minimum absolute atomic E-state index is 0.0281. The maximum Gasteiger partial charge on any atom is 0.229 e. The number of allylic oxidation sites excluding steroid dienone is 2. The lowest BCUT2D eigenvalue weighted by molar-refractivity contribution is -0.533. The summed E-state index contributed by atoms with van der Waals surface area (Å²) in [5, 5.41) is 13.7. The summed E-state index contributed by atoms with van der Waals surface area (Å²) in [5.41, 5.74) is 0. The van der Waals surface area contributed by atoms with Crippen molar-refractivity contribution in [2.45, 2.75) is 12.5 Å². The van der Waals surface area contributed by atoms with Crippen LogP contribution in [-0.4, -0.2) is 29.8 Å². The van der Waals surface area contributed by atoms with Crippen molar-refractivity contribution in [2.24, 2.45) is 11.8 Å². The molecule has 0 aromatic heterocycles. The Morgan fingerprint density at radius 3 is 3.00 bits per heavy atom. The van der Waals surface area contributed by atoms with Gasteiger partial charge in [-0.05, 0) is 12.5 Å². The zero-order chi connectivity index (χ0) is 10.1. The van der Waals surface area contributed by atoms with Gasteiger partial charge in [0.25, 0.3) is 0 Å². The van der Waals surface area contributed by atoms with Crippen molar-refractivity contribution >= 4 is 5.78 Å². The normalized spacial score (nSPS) is 36.6. The molecule has 76 valence electrons. The number of carbonyl (C=O) groups is 1. The molecule has 0 aromatic carbocycles. The fraction of sp³-hybridized carbons (Fsp3) is 0.667. The van der Waals surface area contributed by atoms with Gasteiger partial charge >= 0.3 is 0 Å². The molecule has 3 atom stereocenters. The van der Waals surface area contributed by atoms with Gasteiger partial charge in [0.15, 0.2) is 5.78 Å².